The lowest BCUT2D eigenvalue weighted by Gasteiger charge is -2.07. The largest absolute Gasteiger partial charge is 0.366 e. The van der Waals surface area contributed by atoms with Crippen molar-refractivity contribution >= 4 is 11.5 Å². The van der Waals surface area contributed by atoms with Gasteiger partial charge >= 0.3 is 0 Å². The van der Waals surface area contributed by atoms with E-state index >= 15 is 0 Å². The van der Waals surface area contributed by atoms with Crippen molar-refractivity contribution in [1.82, 2.24) is 14.6 Å². The number of aromatic nitrogens is 3. The predicted molar refractivity (Wildman–Crippen MR) is 92.3 cm³/mol. The van der Waals surface area contributed by atoms with Crippen molar-refractivity contribution in [3.05, 3.63) is 72.1 Å². The Morgan fingerprint density at radius 1 is 1.13 bits per heavy atom. The van der Waals surface area contributed by atoms with Gasteiger partial charge in [-0.05, 0) is 36.5 Å². The van der Waals surface area contributed by atoms with Crippen LogP contribution in [0, 0.1) is 5.92 Å². The summed E-state index contributed by atoms with van der Waals surface area (Å²) in [5, 5.41) is 8.10. The van der Waals surface area contributed by atoms with Crippen LogP contribution in [-0.2, 0) is 13.0 Å². The van der Waals surface area contributed by atoms with Crippen LogP contribution >= 0.6 is 0 Å². The lowest BCUT2D eigenvalue weighted by Crippen LogP contribution is -2.05. The van der Waals surface area contributed by atoms with Crippen LogP contribution in [0.2, 0.25) is 0 Å². The van der Waals surface area contributed by atoms with Crippen molar-refractivity contribution < 1.29 is 0 Å². The van der Waals surface area contributed by atoms with E-state index in [9.17, 15) is 0 Å². The summed E-state index contributed by atoms with van der Waals surface area (Å²) in [7, 11) is 0. The molecule has 4 nitrogen and oxygen atoms in total. The van der Waals surface area contributed by atoms with E-state index in [2.05, 4.69) is 46.2 Å². The number of hydrogen-bond donors (Lipinski definition) is 1. The third-order valence-corrected chi connectivity index (χ3v) is 4.26. The molecule has 3 aromatic rings. The molecule has 0 radical (unpaired) electrons. The number of rotatable bonds is 6. The molecular weight excluding hydrogens is 284 g/mol. The molecule has 116 valence electrons. The van der Waals surface area contributed by atoms with Gasteiger partial charge in [0.05, 0.1) is 0 Å². The van der Waals surface area contributed by atoms with E-state index in [0.29, 0.717) is 5.92 Å². The van der Waals surface area contributed by atoms with Crippen molar-refractivity contribution in [2.24, 2.45) is 5.92 Å². The van der Waals surface area contributed by atoms with Gasteiger partial charge in [-0.3, -0.25) is 0 Å². The Morgan fingerprint density at radius 3 is 2.74 bits per heavy atom. The number of pyridine rings is 1. The van der Waals surface area contributed by atoms with Crippen LogP contribution in [0.15, 0.2) is 60.7 Å². The van der Waals surface area contributed by atoms with Crippen molar-refractivity contribution in [1.29, 1.82) is 0 Å². The highest BCUT2D eigenvalue weighted by Gasteiger charge is 2.25. The van der Waals surface area contributed by atoms with Crippen LogP contribution in [0.4, 0.5) is 5.82 Å². The lowest BCUT2D eigenvalue weighted by atomic mass is 10.1. The van der Waals surface area contributed by atoms with Gasteiger partial charge in [0, 0.05) is 13.0 Å². The third-order valence-electron chi connectivity index (χ3n) is 4.26. The number of allylic oxidation sites excluding steroid dienone is 1. The van der Waals surface area contributed by atoms with Gasteiger partial charge in [0.1, 0.15) is 5.82 Å². The molecule has 0 bridgehead atoms. The van der Waals surface area contributed by atoms with E-state index < -0.39 is 0 Å². The van der Waals surface area contributed by atoms with Crippen LogP contribution in [-0.4, -0.2) is 14.6 Å². The molecule has 23 heavy (non-hydrogen) atoms. The van der Waals surface area contributed by atoms with Crippen molar-refractivity contribution in [3.63, 3.8) is 0 Å². The number of hydrogen-bond acceptors (Lipinski definition) is 3. The molecule has 0 aliphatic heterocycles. The fourth-order valence-electron chi connectivity index (χ4n) is 2.79. The van der Waals surface area contributed by atoms with Crippen molar-refractivity contribution in [2.75, 3.05) is 5.32 Å². The minimum Gasteiger partial charge on any atom is -0.366 e. The van der Waals surface area contributed by atoms with Crippen molar-refractivity contribution in [3.8, 4) is 0 Å². The summed E-state index contributed by atoms with van der Waals surface area (Å²) in [5.41, 5.74) is 3.38. The Hall–Kier alpha value is -2.62. The number of benzene rings is 1. The van der Waals surface area contributed by atoms with Crippen LogP contribution in [0.3, 0.4) is 0 Å². The fraction of sp³-hybridized carbons (Fsp3) is 0.263. The average molecular weight is 304 g/mol. The first kappa shape index (κ1) is 14.0. The molecule has 1 fully saturated rings. The van der Waals surface area contributed by atoms with Crippen LogP contribution in [0.1, 0.15) is 24.2 Å². The Balaban J connectivity index is 1.54. The minimum atomic E-state index is 0.692. The zero-order valence-corrected chi connectivity index (χ0v) is 13.1. The highest BCUT2D eigenvalue weighted by molar-refractivity contribution is 5.49. The molecule has 0 atom stereocenters. The van der Waals surface area contributed by atoms with Gasteiger partial charge in [-0.1, -0.05) is 48.6 Å². The highest BCUT2D eigenvalue weighted by atomic mass is 15.3. The Labute approximate surface area is 135 Å². The number of nitrogens with one attached hydrogen (secondary N) is 1. The summed E-state index contributed by atoms with van der Waals surface area (Å²) >= 11 is 0. The second kappa shape index (κ2) is 5.88. The molecule has 1 saturated carbocycles. The smallest absolute Gasteiger partial charge is 0.158 e. The zero-order valence-electron chi connectivity index (χ0n) is 13.1. The maximum atomic E-state index is 4.66. The first-order valence-corrected chi connectivity index (χ1v) is 8.10. The quantitative estimate of drug-likeness (QED) is 0.703. The molecule has 0 saturated heterocycles. The van der Waals surface area contributed by atoms with Crippen LogP contribution in [0.25, 0.3) is 5.65 Å². The Bertz CT molecular complexity index is 831. The zero-order chi connectivity index (χ0) is 15.6. The van der Waals surface area contributed by atoms with Gasteiger partial charge in [-0.15, -0.1) is 5.10 Å². The van der Waals surface area contributed by atoms with Gasteiger partial charge in [-0.25, -0.2) is 4.98 Å². The standard InChI is InChI=1S/C19H20N4/c1-14(16-10-11-16)12-17-21-19-9-5-8-18(23(19)22-17)20-13-15-6-3-2-4-7-15/h2-9,16,20H,1,10-13H2. The minimum absolute atomic E-state index is 0.692. The topological polar surface area (TPSA) is 42.2 Å². The lowest BCUT2D eigenvalue weighted by molar-refractivity contribution is 0.852. The Morgan fingerprint density at radius 2 is 1.96 bits per heavy atom. The molecular formula is C19H20N4. The van der Waals surface area contributed by atoms with Gasteiger partial charge in [-0.2, -0.15) is 4.52 Å². The van der Waals surface area contributed by atoms with Crippen LogP contribution < -0.4 is 5.32 Å². The molecule has 2 aromatic heterocycles. The second-order valence-electron chi connectivity index (χ2n) is 6.16. The maximum Gasteiger partial charge on any atom is 0.158 e. The Kier molecular flexibility index (Phi) is 3.58. The first-order valence-electron chi connectivity index (χ1n) is 8.10. The van der Waals surface area contributed by atoms with E-state index in [1.165, 1.54) is 24.0 Å². The normalized spacial score (nSPS) is 14.1. The average Bonchev–Trinajstić information content (AvgIpc) is 3.34. The van der Waals surface area contributed by atoms with E-state index in [-0.39, 0.29) is 0 Å². The van der Waals surface area contributed by atoms with E-state index in [1.807, 2.05) is 28.8 Å². The van der Waals surface area contributed by atoms with Gasteiger partial charge in [0.15, 0.2) is 11.5 Å². The summed E-state index contributed by atoms with van der Waals surface area (Å²) in [5.74, 6) is 2.51. The molecule has 0 amide bonds. The second-order valence-corrected chi connectivity index (χ2v) is 6.16. The van der Waals surface area contributed by atoms with Gasteiger partial charge < -0.3 is 5.32 Å². The number of anilines is 1. The number of fused-ring (bicyclic) bond motifs is 1. The van der Waals surface area contributed by atoms with E-state index in [1.54, 1.807) is 0 Å². The molecule has 1 aliphatic rings. The van der Waals surface area contributed by atoms with Crippen molar-refractivity contribution in [2.45, 2.75) is 25.8 Å². The van der Waals surface area contributed by atoms with Crippen LogP contribution in [0.5, 0.6) is 0 Å². The van der Waals surface area contributed by atoms with E-state index in [4.69, 9.17) is 0 Å². The molecule has 0 spiro atoms. The molecule has 1 N–H and O–H groups in total. The molecule has 2 heterocycles. The maximum absolute atomic E-state index is 4.66. The summed E-state index contributed by atoms with van der Waals surface area (Å²) in [6, 6.07) is 16.4. The molecule has 4 rings (SSSR count). The predicted octanol–water partition coefficient (Wildman–Crippen LogP) is 3.85. The summed E-state index contributed by atoms with van der Waals surface area (Å²) < 4.78 is 1.89. The number of nitrogens with zero attached hydrogens (tertiary/aromatic N) is 3. The SMILES string of the molecule is C=C(Cc1nc2cccc(NCc3ccccc3)n2n1)C1CC1. The van der Waals surface area contributed by atoms with E-state index in [0.717, 1.165) is 30.3 Å². The molecule has 0 unspecified atom stereocenters. The third kappa shape index (κ3) is 3.11. The molecule has 1 aliphatic carbocycles. The molecule has 1 aromatic carbocycles. The van der Waals surface area contributed by atoms with Gasteiger partial charge in [0.25, 0.3) is 0 Å². The van der Waals surface area contributed by atoms with Gasteiger partial charge in [0.2, 0.25) is 0 Å². The fourth-order valence-corrected chi connectivity index (χ4v) is 2.79. The summed E-state index contributed by atoms with van der Waals surface area (Å²) in [6.07, 6.45) is 3.33. The highest BCUT2D eigenvalue weighted by Crippen LogP contribution is 2.36. The molecule has 4 heteroatoms. The summed E-state index contributed by atoms with van der Waals surface area (Å²) in [4.78, 5) is 4.63. The summed E-state index contributed by atoms with van der Waals surface area (Å²) in [6.45, 7) is 4.94. The first-order chi connectivity index (χ1) is 11.3. The monoisotopic (exact) mass is 304 g/mol.